The van der Waals surface area contributed by atoms with Crippen molar-refractivity contribution in [1.82, 2.24) is 5.32 Å². The highest BCUT2D eigenvalue weighted by Gasteiger charge is 2.22. The molecule has 0 heterocycles. The summed E-state index contributed by atoms with van der Waals surface area (Å²) in [7, 11) is 0. The SMILES string of the molecule is CCCNC(c1cccc(F)c1F)c1cccc(Br)c1Cl. The highest BCUT2D eigenvalue weighted by atomic mass is 79.9. The normalized spacial score (nSPS) is 12.4. The van der Waals surface area contributed by atoms with Gasteiger partial charge in [0.05, 0.1) is 11.1 Å². The van der Waals surface area contributed by atoms with Crippen molar-refractivity contribution in [2.24, 2.45) is 0 Å². The Hall–Kier alpha value is -0.970. The lowest BCUT2D eigenvalue weighted by atomic mass is 9.97. The molecule has 0 aliphatic carbocycles. The molecule has 1 N–H and O–H groups in total. The Morgan fingerprint density at radius 1 is 1.14 bits per heavy atom. The van der Waals surface area contributed by atoms with Crippen molar-refractivity contribution < 1.29 is 8.78 Å². The largest absolute Gasteiger partial charge is 0.306 e. The zero-order chi connectivity index (χ0) is 15.4. The van der Waals surface area contributed by atoms with E-state index >= 15 is 0 Å². The fourth-order valence-corrected chi connectivity index (χ4v) is 2.78. The number of halogens is 4. The molecular weight excluding hydrogens is 360 g/mol. The lowest BCUT2D eigenvalue weighted by molar-refractivity contribution is 0.480. The Balaban J connectivity index is 2.52. The Kier molecular flexibility index (Phi) is 5.73. The molecule has 0 saturated heterocycles. The quantitative estimate of drug-likeness (QED) is 0.732. The molecule has 1 nitrogen and oxygen atoms in total. The van der Waals surface area contributed by atoms with Crippen molar-refractivity contribution >= 4 is 27.5 Å². The van der Waals surface area contributed by atoms with E-state index in [1.54, 1.807) is 6.07 Å². The first-order valence-electron chi connectivity index (χ1n) is 6.67. The second-order valence-electron chi connectivity index (χ2n) is 4.67. The van der Waals surface area contributed by atoms with E-state index in [2.05, 4.69) is 21.2 Å². The van der Waals surface area contributed by atoms with Gasteiger partial charge >= 0.3 is 0 Å². The van der Waals surface area contributed by atoms with Gasteiger partial charge in [0, 0.05) is 10.0 Å². The van der Waals surface area contributed by atoms with E-state index in [4.69, 9.17) is 11.6 Å². The summed E-state index contributed by atoms with van der Waals surface area (Å²) in [6, 6.07) is 9.13. The number of benzene rings is 2. The van der Waals surface area contributed by atoms with E-state index in [0.717, 1.165) is 17.0 Å². The summed E-state index contributed by atoms with van der Waals surface area (Å²) in [4.78, 5) is 0. The smallest absolute Gasteiger partial charge is 0.163 e. The molecule has 2 rings (SSSR count). The van der Waals surface area contributed by atoms with Crippen molar-refractivity contribution in [1.29, 1.82) is 0 Å². The molecular formula is C16H15BrClF2N. The van der Waals surface area contributed by atoms with E-state index in [1.165, 1.54) is 6.07 Å². The van der Waals surface area contributed by atoms with Crippen molar-refractivity contribution in [2.45, 2.75) is 19.4 Å². The molecule has 0 aliphatic heterocycles. The molecule has 2 aromatic carbocycles. The minimum Gasteiger partial charge on any atom is -0.306 e. The molecule has 0 fully saturated rings. The van der Waals surface area contributed by atoms with Gasteiger partial charge in [-0.2, -0.15) is 0 Å². The van der Waals surface area contributed by atoms with E-state index in [1.807, 2.05) is 25.1 Å². The van der Waals surface area contributed by atoms with Crippen LogP contribution in [0.15, 0.2) is 40.9 Å². The summed E-state index contributed by atoms with van der Waals surface area (Å²) in [6.07, 6.45) is 0.874. The van der Waals surface area contributed by atoms with Crippen LogP contribution in [0.3, 0.4) is 0 Å². The van der Waals surface area contributed by atoms with Crippen molar-refractivity contribution in [2.75, 3.05) is 6.54 Å². The molecule has 0 radical (unpaired) electrons. The van der Waals surface area contributed by atoms with Crippen LogP contribution < -0.4 is 5.32 Å². The van der Waals surface area contributed by atoms with E-state index in [0.29, 0.717) is 17.1 Å². The molecule has 21 heavy (non-hydrogen) atoms. The molecule has 2 aromatic rings. The third-order valence-corrected chi connectivity index (χ3v) is 4.49. The second-order valence-corrected chi connectivity index (χ2v) is 5.91. The van der Waals surface area contributed by atoms with E-state index in [9.17, 15) is 8.78 Å². The van der Waals surface area contributed by atoms with Gasteiger partial charge in [0.15, 0.2) is 11.6 Å². The predicted octanol–water partition coefficient (Wildman–Crippen LogP) is 5.47. The maximum Gasteiger partial charge on any atom is 0.163 e. The maximum atomic E-state index is 14.1. The molecule has 1 atom stereocenters. The van der Waals surface area contributed by atoms with Crippen LogP contribution in [0.25, 0.3) is 0 Å². The summed E-state index contributed by atoms with van der Waals surface area (Å²) in [5.41, 5.74) is 0.965. The summed E-state index contributed by atoms with van der Waals surface area (Å²) in [5.74, 6) is -1.70. The molecule has 0 spiro atoms. The molecule has 0 bridgehead atoms. The first-order chi connectivity index (χ1) is 10.1. The van der Waals surface area contributed by atoms with Crippen LogP contribution in [-0.2, 0) is 0 Å². The van der Waals surface area contributed by atoms with Crippen LogP contribution >= 0.6 is 27.5 Å². The van der Waals surface area contributed by atoms with Gasteiger partial charge in [0.1, 0.15) is 0 Å². The molecule has 0 aliphatic rings. The summed E-state index contributed by atoms with van der Waals surface area (Å²) in [5, 5.41) is 3.72. The van der Waals surface area contributed by atoms with Crippen molar-refractivity contribution in [3.63, 3.8) is 0 Å². The molecule has 0 saturated carbocycles. The number of nitrogens with one attached hydrogen (secondary N) is 1. The lowest BCUT2D eigenvalue weighted by Gasteiger charge is -2.22. The lowest BCUT2D eigenvalue weighted by Crippen LogP contribution is -2.24. The average molecular weight is 375 g/mol. The molecule has 5 heteroatoms. The highest BCUT2D eigenvalue weighted by molar-refractivity contribution is 9.10. The Labute approximate surface area is 136 Å². The zero-order valence-electron chi connectivity index (χ0n) is 11.5. The Morgan fingerprint density at radius 2 is 1.81 bits per heavy atom. The molecule has 1 unspecified atom stereocenters. The Bertz CT molecular complexity index is 582. The summed E-state index contributed by atoms with van der Waals surface area (Å²) < 4.78 is 28.4. The minimum absolute atomic E-state index is 0.253. The van der Waals surface area contributed by atoms with Gasteiger partial charge in [-0.05, 0) is 46.6 Å². The van der Waals surface area contributed by atoms with Crippen molar-refractivity contribution in [3.05, 3.63) is 68.7 Å². The van der Waals surface area contributed by atoms with Crippen LogP contribution in [0.1, 0.15) is 30.5 Å². The fourth-order valence-electron chi connectivity index (χ4n) is 2.16. The fraction of sp³-hybridized carbons (Fsp3) is 0.250. The summed E-state index contributed by atoms with van der Waals surface area (Å²) >= 11 is 9.67. The van der Waals surface area contributed by atoms with Crippen LogP contribution in [0.2, 0.25) is 5.02 Å². The second kappa shape index (κ2) is 7.34. The van der Waals surface area contributed by atoms with Crippen LogP contribution in [0.5, 0.6) is 0 Å². The van der Waals surface area contributed by atoms with Crippen LogP contribution in [0.4, 0.5) is 8.78 Å². The highest BCUT2D eigenvalue weighted by Crippen LogP contribution is 2.34. The van der Waals surface area contributed by atoms with Gasteiger partial charge in [-0.1, -0.05) is 42.8 Å². The maximum absolute atomic E-state index is 14.1. The first kappa shape index (κ1) is 16.4. The van der Waals surface area contributed by atoms with Gasteiger partial charge < -0.3 is 5.32 Å². The summed E-state index contributed by atoms with van der Waals surface area (Å²) in [6.45, 7) is 2.68. The first-order valence-corrected chi connectivity index (χ1v) is 7.84. The average Bonchev–Trinajstić information content (AvgIpc) is 2.47. The topological polar surface area (TPSA) is 12.0 Å². The van der Waals surface area contributed by atoms with Gasteiger partial charge in [-0.25, -0.2) is 8.78 Å². The van der Waals surface area contributed by atoms with Crippen molar-refractivity contribution in [3.8, 4) is 0 Å². The third-order valence-electron chi connectivity index (χ3n) is 3.18. The van der Waals surface area contributed by atoms with E-state index in [-0.39, 0.29) is 5.56 Å². The van der Waals surface area contributed by atoms with Gasteiger partial charge in [-0.15, -0.1) is 0 Å². The van der Waals surface area contributed by atoms with Crippen LogP contribution in [-0.4, -0.2) is 6.54 Å². The van der Waals surface area contributed by atoms with Gasteiger partial charge in [0.2, 0.25) is 0 Å². The molecule has 112 valence electrons. The van der Waals surface area contributed by atoms with Gasteiger partial charge in [-0.3, -0.25) is 0 Å². The van der Waals surface area contributed by atoms with E-state index < -0.39 is 17.7 Å². The Morgan fingerprint density at radius 3 is 2.52 bits per heavy atom. The molecule has 0 amide bonds. The minimum atomic E-state index is -0.859. The zero-order valence-corrected chi connectivity index (χ0v) is 13.8. The van der Waals surface area contributed by atoms with Crippen LogP contribution in [0, 0.1) is 11.6 Å². The number of rotatable bonds is 5. The standard InChI is InChI=1S/C16H15BrClF2N/c1-2-9-21-16(10-5-3-7-12(17)14(10)18)11-6-4-8-13(19)15(11)20/h3-8,16,21H,2,9H2,1H3. The predicted molar refractivity (Wildman–Crippen MR) is 85.6 cm³/mol. The number of hydrogen-bond acceptors (Lipinski definition) is 1. The monoisotopic (exact) mass is 373 g/mol. The third kappa shape index (κ3) is 3.62. The van der Waals surface area contributed by atoms with Gasteiger partial charge in [0.25, 0.3) is 0 Å². The number of hydrogen-bond donors (Lipinski definition) is 1. The molecule has 0 aromatic heterocycles.